The number of methoxy groups -OCH3 is 1. The number of hydrogen-bond donors (Lipinski definition) is 1. The van der Waals surface area contributed by atoms with Gasteiger partial charge in [-0.05, 0) is 49.9 Å². The smallest absolute Gasteiger partial charge is 0.240 e. The van der Waals surface area contributed by atoms with Crippen molar-refractivity contribution in [3.05, 3.63) is 59.9 Å². The predicted molar refractivity (Wildman–Crippen MR) is 140 cm³/mol. The van der Waals surface area contributed by atoms with Crippen LogP contribution in [0, 0.1) is 0 Å². The zero-order valence-corrected chi connectivity index (χ0v) is 21.3. The lowest BCUT2D eigenvalue weighted by Crippen LogP contribution is -2.35. The first kappa shape index (κ1) is 23.7. The van der Waals surface area contributed by atoms with Gasteiger partial charge in [0.2, 0.25) is 5.91 Å². The van der Waals surface area contributed by atoms with Crippen molar-refractivity contribution in [2.75, 3.05) is 23.9 Å². The molecule has 1 aliphatic heterocycles. The third-order valence-electron chi connectivity index (χ3n) is 6.98. The maximum Gasteiger partial charge on any atom is 0.240 e. The summed E-state index contributed by atoms with van der Waals surface area (Å²) in [5.41, 5.74) is 3.27. The molecule has 1 fully saturated rings. The van der Waals surface area contributed by atoms with E-state index in [0.717, 1.165) is 53.9 Å². The summed E-state index contributed by atoms with van der Waals surface area (Å²) in [5.74, 6) is 1.86. The fourth-order valence-corrected chi connectivity index (χ4v) is 6.12. The van der Waals surface area contributed by atoms with Crippen LogP contribution >= 0.6 is 11.8 Å². The van der Waals surface area contributed by atoms with Crippen LogP contribution in [0.25, 0.3) is 0 Å². The molecule has 35 heavy (non-hydrogen) atoms. The first-order chi connectivity index (χ1) is 17.1. The number of nitrogens with one attached hydrogen (secondary N) is 1. The normalized spacial score (nSPS) is 16.7. The zero-order chi connectivity index (χ0) is 24.2. The van der Waals surface area contributed by atoms with Gasteiger partial charge in [-0.15, -0.1) is 10.2 Å². The molecule has 0 saturated heterocycles. The molecule has 1 saturated carbocycles. The van der Waals surface area contributed by atoms with Gasteiger partial charge in [-0.1, -0.05) is 55.3 Å². The molecule has 1 aliphatic carbocycles. The van der Waals surface area contributed by atoms with Gasteiger partial charge in [0.25, 0.3) is 0 Å². The van der Waals surface area contributed by atoms with Crippen molar-refractivity contribution in [3.63, 3.8) is 0 Å². The average molecular weight is 492 g/mol. The number of para-hydroxylation sites is 1. The van der Waals surface area contributed by atoms with E-state index in [4.69, 9.17) is 4.74 Å². The van der Waals surface area contributed by atoms with Crippen molar-refractivity contribution in [3.8, 4) is 5.75 Å². The van der Waals surface area contributed by atoms with Gasteiger partial charge in [-0.25, -0.2) is 0 Å². The Morgan fingerprint density at radius 2 is 1.97 bits per heavy atom. The Hall–Kier alpha value is -3.00. The monoisotopic (exact) mass is 491 g/mol. The van der Waals surface area contributed by atoms with Crippen LogP contribution in [-0.4, -0.2) is 39.6 Å². The summed E-state index contributed by atoms with van der Waals surface area (Å²) < 4.78 is 7.64. The van der Waals surface area contributed by atoms with Gasteiger partial charge in [-0.3, -0.25) is 4.79 Å². The number of fused-ring (bicyclic) bond motifs is 1. The summed E-state index contributed by atoms with van der Waals surface area (Å²) in [6, 6.07) is 16.5. The van der Waals surface area contributed by atoms with Crippen LogP contribution in [0.3, 0.4) is 0 Å². The molecule has 5 rings (SSSR count). The number of amides is 1. The Morgan fingerprint density at radius 1 is 1.14 bits per heavy atom. The lowest BCUT2D eigenvalue weighted by Gasteiger charge is -2.27. The number of anilines is 2. The summed E-state index contributed by atoms with van der Waals surface area (Å²) in [6.45, 7) is 3.30. The molecule has 1 aromatic heterocycles. The van der Waals surface area contributed by atoms with Crippen LogP contribution < -0.4 is 15.0 Å². The molecule has 8 heteroatoms. The standard InChI is InChI=1S/C27H33N5O2S/c1-19(26(33)31-16-15-20-9-6-7-14-24(20)31)35-27-30-29-25(32(27)22-11-4-3-5-12-22)18-28-21-10-8-13-23(17-21)34-2/h6-10,13-14,17,19,22,28H,3-5,11-12,15-16,18H2,1-2H3/t19-/m1/s1. The quantitative estimate of drug-likeness (QED) is 0.421. The molecule has 1 N–H and O–H groups in total. The van der Waals surface area contributed by atoms with E-state index in [0.29, 0.717) is 12.6 Å². The third-order valence-corrected chi connectivity index (χ3v) is 8.02. The zero-order valence-electron chi connectivity index (χ0n) is 20.4. The number of hydrogen-bond acceptors (Lipinski definition) is 6. The first-order valence-corrected chi connectivity index (χ1v) is 13.4. The molecule has 184 valence electrons. The Kier molecular flexibility index (Phi) is 7.27. The van der Waals surface area contributed by atoms with Gasteiger partial charge in [-0.2, -0.15) is 0 Å². The topological polar surface area (TPSA) is 72.3 Å². The molecule has 7 nitrogen and oxygen atoms in total. The fraction of sp³-hybridized carbons (Fsp3) is 0.444. The second kappa shape index (κ2) is 10.7. The lowest BCUT2D eigenvalue weighted by atomic mass is 9.95. The van der Waals surface area contributed by atoms with E-state index < -0.39 is 0 Å². The fourth-order valence-electron chi connectivity index (χ4n) is 5.12. The molecule has 0 unspecified atom stereocenters. The summed E-state index contributed by atoms with van der Waals surface area (Å²) in [4.78, 5) is 15.3. The molecule has 0 spiro atoms. The first-order valence-electron chi connectivity index (χ1n) is 12.5. The minimum absolute atomic E-state index is 0.134. The van der Waals surface area contributed by atoms with Gasteiger partial charge in [0.1, 0.15) is 5.75 Å². The molecular formula is C27H33N5O2S. The molecule has 2 aliphatic rings. The molecule has 1 amide bonds. The number of aromatic nitrogens is 3. The number of benzene rings is 2. The van der Waals surface area contributed by atoms with E-state index in [1.807, 2.05) is 54.3 Å². The Balaban J connectivity index is 1.34. The second-order valence-electron chi connectivity index (χ2n) is 9.27. The number of carbonyl (C=O) groups is 1. The highest BCUT2D eigenvalue weighted by molar-refractivity contribution is 8.00. The van der Waals surface area contributed by atoms with Crippen molar-refractivity contribution in [1.29, 1.82) is 0 Å². The molecule has 0 bridgehead atoms. The van der Waals surface area contributed by atoms with Gasteiger partial charge in [0.15, 0.2) is 11.0 Å². The molecule has 2 aromatic carbocycles. The maximum absolute atomic E-state index is 13.4. The van der Waals surface area contributed by atoms with E-state index in [9.17, 15) is 4.79 Å². The summed E-state index contributed by atoms with van der Waals surface area (Å²) >= 11 is 1.53. The van der Waals surface area contributed by atoms with Gasteiger partial charge in [0.05, 0.1) is 18.9 Å². The van der Waals surface area contributed by atoms with E-state index in [1.54, 1.807) is 7.11 Å². The van der Waals surface area contributed by atoms with Crippen LogP contribution in [0.15, 0.2) is 53.7 Å². The van der Waals surface area contributed by atoms with Crippen molar-refractivity contribution in [1.82, 2.24) is 14.8 Å². The number of ether oxygens (including phenoxy) is 1. The second-order valence-corrected chi connectivity index (χ2v) is 10.6. The Labute approximate surface area is 211 Å². The number of carbonyl (C=O) groups excluding carboxylic acids is 1. The lowest BCUT2D eigenvalue weighted by molar-refractivity contribution is -0.117. The SMILES string of the molecule is COc1cccc(NCc2nnc(S[C@H](C)C(=O)N3CCc4ccccc43)n2C2CCCCC2)c1. The highest BCUT2D eigenvalue weighted by Crippen LogP contribution is 2.36. The highest BCUT2D eigenvalue weighted by atomic mass is 32.2. The van der Waals surface area contributed by atoms with Gasteiger partial charge >= 0.3 is 0 Å². The van der Waals surface area contributed by atoms with Gasteiger partial charge < -0.3 is 19.5 Å². The maximum atomic E-state index is 13.4. The number of rotatable bonds is 8. The van der Waals surface area contributed by atoms with Crippen LogP contribution in [0.1, 0.15) is 56.5 Å². The number of nitrogens with zero attached hydrogens (tertiary/aromatic N) is 4. The van der Waals surface area contributed by atoms with Gasteiger partial charge in [0, 0.05) is 30.0 Å². The largest absolute Gasteiger partial charge is 0.497 e. The summed E-state index contributed by atoms with van der Waals surface area (Å²) in [7, 11) is 1.67. The van der Waals surface area contributed by atoms with Crippen LogP contribution in [0.2, 0.25) is 0 Å². The van der Waals surface area contributed by atoms with E-state index in [-0.39, 0.29) is 11.2 Å². The average Bonchev–Trinajstić information content (AvgIpc) is 3.51. The van der Waals surface area contributed by atoms with E-state index in [1.165, 1.54) is 36.6 Å². The van der Waals surface area contributed by atoms with E-state index >= 15 is 0 Å². The minimum Gasteiger partial charge on any atom is -0.497 e. The summed E-state index contributed by atoms with van der Waals surface area (Å²) in [5, 5.41) is 13.2. The third kappa shape index (κ3) is 5.17. The molecule has 0 radical (unpaired) electrons. The van der Waals surface area contributed by atoms with Crippen molar-refractivity contribution >= 4 is 29.0 Å². The Morgan fingerprint density at radius 3 is 2.80 bits per heavy atom. The molecule has 1 atom stereocenters. The van der Waals surface area contributed by atoms with E-state index in [2.05, 4.69) is 26.1 Å². The highest BCUT2D eigenvalue weighted by Gasteiger charge is 2.31. The van der Waals surface area contributed by atoms with Crippen LogP contribution in [-0.2, 0) is 17.8 Å². The summed E-state index contributed by atoms with van der Waals surface area (Å²) in [6.07, 6.45) is 6.88. The predicted octanol–water partition coefficient (Wildman–Crippen LogP) is 5.47. The van der Waals surface area contributed by atoms with Crippen LogP contribution in [0.4, 0.5) is 11.4 Å². The molecule has 3 aromatic rings. The number of thioether (sulfide) groups is 1. The Bertz CT molecular complexity index is 1170. The molecular weight excluding hydrogens is 458 g/mol. The van der Waals surface area contributed by atoms with Crippen LogP contribution in [0.5, 0.6) is 5.75 Å². The molecule has 2 heterocycles. The van der Waals surface area contributed by atoms with Crippen molar-refractivity contribution in [2.45, 2.75) is 68.4 Å². The minimum atomic E-state index is -0.244. The van der Waals surface area contributed by atoms with Crippen molar-refractivity contribution < 1.29 is 9.53 Å². The van der Waals surface area contributed by atoms with Crippen molar-refractivity contribution in [2.24, 2.45) is 0 Å².